The second-order valence-corrected chi connectivity index (χ2v) is 11.5. The number of aryl methyl sites for hydroxylation is 1. The average Bonchev–Trinajstić information content (AvgIpc) is 3.36. The predicted octanol–water partition coefficient (Wildman–Crippen LogP) is 4.56. The Labute approximate surface area is 235 Å². The van der Waals surface area contributed by atoms with E-state index in [0.29, 0.717) is 48.2 Å². The van der Waals surface area contributed by atoms with Gasteiger partial charge >= 0.3 is 0 Å². The number of halogens is 2. The molecule has 0 amide bonds. The number of hydrogen-bond acceptors (Lipinski definition) is 6. The molecular formula is C29H40ClFN6O2. The molecular weight excluding hydrogens is 519 g/mol. The maximum atomic E-state index is 14.6. The van der Waals surface area contributed by atoms with Gasteiger partial charge in [0.05, 0.1) is 23.4 Å². The first kappa shape index (κ1) is 29.3. The van der Waals surface area contributed by atoms with E-state index in [4.69, 9.17) is 22.1 Å². The van der Waals surface area contributed by atoms with Gasteiger partial charge in [-0.1, -0.05) is 12.6 Å². The van der Waals surface area contributed by atoms with Gasteiger partial charge in [0.15, 0.2) is 5.82 Å². The quantitative estimate of drug-likeness (QED) is 0.239. The van der Waals surface area contributed by atoms with Crippen LogP contribution in [0.25, 0.3) is 0 Å². The summed E-state index contributed by atoms with van der Waals surface area (Å²) >= 11 is 6.17. The highest BCUT2D eigenvalue weighted by atomic mass is 35.5. The summed E-state index contributed by atoms with van der Waals surface area (Å²) in [6.07, 6.45) is 7.64. The Morgan fingerprint density at radius 2 is 2.15 bits per heavy atom. The minimum atomic E-state index is -1.15. The second kappa shape index (κ2) is 11.0. The molecule has 1 aromatic heterocycles. The van der Waals surface area contributed by atoms with Crippen molar-refractivity contribution in [3.8, 4) is 0 Å². The number of methoxy groups -OCH3 is 1. The molecule has 10 heteroatoms. The number of amidine groups is 1. The minimum absolute atomic E-state index is 0.00402. The molecule has 8 nitrogen and oxygen atoms in total. The number of aliphatic imine (C=N–C) groups is 1. The average molecular weight is 559 g/mol. The summed E-state index contributed by atoms with van der Waals surface area (Å²) in [5, 5.41) is 15.1. The summed E-state index contributed by atoms with van der Waals surface area (Å²) in [4.78, 5) is 9.14. The molecule has 1 aromatic carbocycles. The molecule has 3 N–H and O–H groups in total. The van der Waals surface area contributed by atoms with Crippen molar-refractivity contribution in [3.05, 3.63) is 71.8 Å². The molecule has 39 heavy (non-hydrogen) atoms. The lowest BCUT2D eigenvalue weighted by molar-refractivity contribution is 0.0356. The Morgan fingerprint density at radius 1 is 1.41 bits per heavy atom. The van der Waals surface area contributed by atoms with E-state index in [1.54, 1.807) is 44.0 Å². The zero-order chi connectivity index (χ0) is 28.6. The van der Waals surface area contributed by atoms with E-state index in [1.165, 1.54) is 12.1 Å². The number of ether oxygens (including phenoxy) is 1. The van der Waals surface area contributed by atoms with Crippen molar-refractivity contribution in [3.63, 3.8) is 0 Å². The van der Waals surface area contributed by atoms with Gasteiger partial charge in [-0.2, -0.15) is 5.10 Å². The van der Waals surface area contributed by atoms with Gasteiger partial charge in [-0.15, -0.1) is 11.6 Å². The smallest absolute Gasteiger partial charge is 0.152 e. The van der Waals surface area contributed by atoms with Gasteiger partial charge in [-0.05, 0) is 81.1 Å². The van der Waals surface area contributed by atoms with Gasteiger partial charge < -0.3 is 20.5 Å². The Kier molecular flexibility index (Phi) is 8.28. The van der Waals surface area contributed by atoms with Gasteiger partial charge in [0, 0.05) is 39.2 Å². The molecule has 212 valence electrons. The highest BCUT2D eigenvalue weighted by Crippen LogP contribution is 2.57. The van der Waals surface area contributed by atoms with Crippen LogP contribution >= 0.6 is 11.6 Å². The van der Waals surface area contributed by atoms with Crippen LogP contribution in [0.5, 0.6) is 0 Å². The predicted molar refractivity (Wildman–Crippen MR) is 153 cm³/mol. The van der Waals surface area contributed by atoms with E-state index < -0.39 is 11.3 Å². The number of nitrogens with zero attached hydrogens (tertiary/aromatic N) is 5. The van der Waals surface area contributed by atoms with E-state index in [2.05, 4.69) is 33.4 Å². The molecule has 1 saturated heterocycles. The first-order valence-electron chi connectivity index (χ1n) is 13.2. The van der Waals surface area contributed by atoms with Gasteiger partial charge in [0.25, 0.3) is 0 Å². The number of hydrogen-bond donors (Lipinski definition) is 2. The van der Waals surface area contributed by atoms with E-state index in [-0.39, 0.29) is 17.5 Å². The molecule has 1 spiro atoms. The molecule has 3 atom stereocenters. The number of benzene rings is 1. The molecule has 4 rings (SSSR count). The fourth-order valence-electron chi connectivity index (χ4n) is 6.03. The van der Waals surface area contributed by atoms with Crippen LogP contribution in [0.4, 0.5) is 10.2 Å². The molecule has 1 aliphatic carbocycles. The van der Waals surface area contributed by atoms with E-state index in [0.717, 1.165) is 18.4 Å². The monoisotopic (exact) mass is 558 g/mol. The van der Waals surface area contributed by atoms with Crippen molar-refractivity contribution < 1.29 is 14.2 Å². The zero-order valence-corrected chi connectivity index (χ0v) is 24.2. The molecule has 2 aromatic rings. The van der Waals surface area contributed by atoms with Crippen molar-refractivity contribution in [2.75, 3.05) is 19.5 Å². The summed E-state index contributed by atoms with van der Waals surface area (Å²) < 4.78 is 22.1. The van der Waals surface area contributed by atoms with Crippen LogP contribution in [-0.2, 0) is 23.9 Å². The topological polar surface area (TPSA) is 92.1 Å². The SMILES string of the molecule is C=CN1CC2(C[C@H]2OC)N(Cc2cc(F)ccc2C(C)(C)O)[C@@]1(C)/C(=C/C(N)=Nc1ccnn1C)CCCCl. The van der Waals surface area contributed by atoms with Gasteiger partial charge in [0.2, 0.25) is 0 Å². The van der Waals surface area contributed by atoms with E-state index in [9.17, 15) is 9.50 Å². The fraction of sp³-hybridized carbons (Fsp3) is 0.517. The van der Waals surface area contributed by atoms with Crippen LogP contribution in [0, 0.1) is 5.82 Å². The van der Waals surface area contributed by atoms with Crippen LogP contribution < -0.4 is 5.73 Å². The summed E-state index contributed by atoms with van der Waals surface area (Å²) in [7, 11) is 3.53. The van der Waals surface area contributed by atoms with Crippen LogP contribution in [0.15, 0.2) is 59.9 Å². The Balaban J connectivity index is 1.86. The molecule has 0 radical (unpaired) electrons. The summed E-state index contributed by atoms with van der Waals surface area (Å²) in [6, 6.07) is 6.37. The standard InChI is InChI=1S/C29H40ClFN6O2/c1-7-36-19-29(17-24(29)39-6)37(18-20-15-22(31)10-11-23(20)27(2,3)38)28(36,4)21(9-8-13-30)16-25(32)34-26-12-14-33-35(26)5/h7,10-12,14-16,24,38H,1,8-9,13,17-19H2,2-6H3,(H2,32,34)/b21-16+/t24-,28+,29?/m1/s1. The number of alkyl halides is 1. The molecule has 2 aliphatic rings. The maximum Gasteiger partial charge on any atom is 0.152 e. The molecule has 1 unspecified atom stereocenters. The van der Waals surface area contributed by atoms with Crippen molar-refractivity contribution >= 4 is 23.3 Å². The molecule has 1 aliphatic heterocycles. The third-order valence-corrected chi connectivity index (χ3v) is 8.42. The van der Waals surface area contributed by atoms with Crippen molar-refractivity contribution in [1.29, 1.82) is 0 Å². The second-order valence-electron chi connectivity index (χ2n) is 11.1. The summed E-state index contributed by atoms with van der Waals surface area (Å²) in [5.41, 5.74) is 6.72. The van der Waals surface area contributed by atoms with Crippen molar-refractivity contribution in [2.24, 2.45) is 17.8 Å². The fourth-order valence-corrected chi connectivity index (χ4v) is 6.17. The lowest BCUT2D eigenvalue weighted by atomic mass is 9.90. The number of aliphatic hydroxyl groups is 1. The van der Waals surface area contributed by atoms with E-state index in [1.807, 2.05) is 19.3 Å². The number of rotatable bonds is 11. The largest absolute Gasteiger partial charge is 0.386 e. The van der Waals surface area contributed by atoms with Crippen LogP contribution in [0.3, 0.4) is 0 Å². The third kappa shape index (κ3) is 5.50. The maximum absolute atomic E-state index is 14.6. The Bertz CT molecular complexity index is 1270. The normalized spacial score (nSPS) is 26.1. The van der Waals surface area contributed by atoms with Gasteiger partial charge in [0.1, 0.15) is 17.3 Å². The minimum Gasteiger partial charge on any atom is -0.386 e. The molecule has 1 saturated carbocycles. The number of nitrogens with two attached hydrogens (primary N) is 1. The summed E-state index contributed by atoms with van der Waals surface area (Å²) in [5.74, 6) is 1.12. The van der Waals surface area contributed by atoms with Gasteiger partial charge in [-0.25, -0.2) is 9.38 Å². The lowest BCUT2D eigenvalue weighted by Gasteiger charge is -2.44. The van der Waals surface area contributed by atoms with Crippen LogP contribution in [0.2, 0.25) is 0 Å². The first-order valence-corrected chi connectivity index (χ1v) is 13.7. The summed E-state index contributed by atoms with van der Waals surface area (Å²) in [6.45, 7) is 10.8. The van der Waals surface area contributed by atoms with E-state index >= 15 is 0 Å². The van der Waals surface area contributed by atoms with Crippen molar-refractivity contribution in [1.82, 2.24) is 19.6 Å². The zero-order valence-electron chi connectivity index (χ0n) is 23.5. The highest BCUT2D eigenvalue weighted by molar-refractivity contribution is 6.17. The highest BCUT2D eigenvalue weighted by Gasteiger charge is 2.69. The number of aromatic nitrogens is 2. The third-order valence-electron chi connectivity index (χ3n) is 8.15. The molecule has 0 bridgehead atoms. The Hall–Kier alpha value is -2.72. The molecule has 2 heterocycles. The lowest BCUT2D eigenvalue weighted by Crippen LogP contribution is -2.53. The Morgan fingerprint density at radius 3 is 2.72 bits per heavy atom. The molecule has 2 fully saturated rings. The van der Waals surface area contributed by atoms with Crippen molar-refractivity contribution in [2.45, 2.75) is 69.5 Å². The van der Waals surface area contributed by atoms with Crippen LogP contribution in [-0.4, -0.2) is 67.4 Å². The first-order chi connectivity index (χ1) is 18.4. The van der Waals surface area contributed by atoms with Crippen LogP contribution in [0.1, 0.15) is 51.2 Å². The van der Waals surface area contributed by atoms with Gasteiger partial charge in [-0.3, -0.25) is 9.58 Å².